The Kier molecular flexibility index (Phi) is 2.20. The maximum Gasteiger partial charge on any atom is 0.157 e. The first-order valence-electron chi connectivity index (χ1n) is 7.10. The zero-order chi connectivity index (χ0) is 13.0. The molecule has 0 saturated heterocycles. The van der Waals surface area contributed by atoms with Crippen molar-refractivity contribution in [1.29, 1.82) is 0 Å². The van der Waals surface area contributed by atoms with Crippen LogP contribution in [0.4, 0.5) is 0 Å². The van der Waals surface area contributed by atoms with E-state index in [1.54, 1.807) is 7.11 Å². The predicted molar refractivity (Wildman–Crippen MR) is 72.5 cm³/mol. The number of hydrogen-bond donors (Lipinski definition) is 0. The van der Waals surface area contributed by atoms with Gasteiger partial charge in [-0.05, 0) is 38.0 Å². The van der Waals surface area contributed by atoms with Crippen molar-refractivity contribution >= 4 is 5.65 Å². The number of methoxy groups -OCH3 is 1. The van der Waals surface area contributed by atoms with E-state index in [9.17, 15) is 0 Å². The molecule has 0 N–H and O–H groups in total. The first-order valence-corrected chi connectivity index (χ1v) is 7.10. The molecule has 0 amide bonds. The van der Waals surface area contributed by atoms with Gasteiger partial charge in [-0.2, -0.15) is 5.10 Å². The summed E-state index contributed by atoms with van der Waals surface area (Å²) in [6.45, 7) is 2.04. The van der Waals surface area contributed by atoms with E-state index in [0.717, 1.165) is 22.8 Å². The summed E-state index contributed by atoms with van der Waals surface area (Å²) in [5, 5.41) is 4.78. The van der Waals surface area contributed by atoms with Crippen LogP contribution in [0.1, 0.15) is 49.4 Å². The Balaban J connectivity index is 1.73. The maximum atomic E-state index is 5.52. The fraction of sp³-hybridized carbons (Fsp3) is 0.600. The van der Waals surface area contributed by atoms with Crippen LogP contribution in [0.2, 0.25) is 0 Å². The Hall–Kier alpha value is -1.58. The van der Waals surface area contributed by atoms with Gasteiger partial charge in [0.1, 0.15) is 11.4 Å². The van der Waals surface area contributed by atoms with E-state index in [1.807, 2.05) is 23.7 Å². The molecular weight excluding hydrogens is 238 g/mol. The third kappa shape index (κ3) is 1.52. The van der Waals surface area contributed by atoms with Gasteiger partial charge in [0, 0.05) is 12.0 Å². The zero-order valence-corrected chi connectivity index (χ0v) is 11.5. The average Bonchev–Trinajstić information content (AvgIpc) is 2.66. The van der Waals surface area contributed by atoms with Gasteiger partial charge in [0.25, 0.3) is 0 Å². The van der Waals surface area contributed by atoms with E-state index in [2.05, 4.69) is 4.98 Å². The van der Waals surface area contributed by atoms with Crippen molar-refractivity contribution in [2.45, 2.75) is 44.9 Å². The molecule has 2 aliphatic carbocycles. The highest BCUT2D eigenvalue weighted by atomic mass is 16.5. The van der Waals surface area contributed by atoms with Crippen LogP contribution in [0.3, 0.4) is 0 Å². The molecule has 0 bridgehead atoms. The van der Waals surface area contributed by atoms with Crippen molar-refractivity contribution in [2.24, 2.45) is 5.41 Å². The van der Waals surface area contributed by atoms with Crippen LogP contribution in [0.15, 0.2) is 12.3 Å². The molecule has 0 unspecified atom stereocenters. The van der Waals surface area contributed by atoms with Gasteiger partial charge in [-0.15, -0.1) is 0 Å². The van der Waals surface area contributed by atoms with Crippen LogP contribution < -0.4 is 4.74 Å². The summed E-state index contributed by atoms with van der Waals surface area (Å²) in [5.41, 5.74) is 3.73. The molecule has 19 heavy (non-hydrogen) atoms. The van der Waals surface area contributed by atoms with E-state index in [4.69, 9.17) is 9.84 Å². The highest BCUT2D eigenvalue weighted by Crippen LogP contribution is 2.62. The van der Waals surface area contributed by atoms with Crippen molar-refractivity contribution in [3.63, 3.8) is 0 Å². The van der Waals surface area contributed by atoms with Gasteiger partial charge < -0.3 is 4.74 Å². The highest BCUT2D eigenvalue weighted by Gasteiger charge is 2.49. The molecule has 0 aromatic carbocycles. The molecule has 0 radical (unpaired) electrons. The summed E-state index contributed by atoms with van der Waals surface area (Å²) in [6, 6.07) is 2.01. The largest absolute Gasteiger partial charge is 0.495 e. The van der Waals surface area contributed by atoms with Crippen molar-refractivity contribution in [3.05, 3.63) is 23.7 Å². The van der Waals surface area contributed by atoms with Crippen LogP contribution in [0, 0.1) is 12.3 Å². The van der Waals surface area contributed by atoms with E-state index >= 15 is 0 Å². The summed E-state index contributed by atoms with van der Waals surface area (Å²) in [7, 11) is 1.73. The topological polar surface area (TPSA) is 39.4 Å². The van der Waals surface area contributed by atoms with Gasteiger partial charge >= 0.3 is 0 Å². The van der Waals surface area contributed by atoms with Gasteiger partial charge in [0.15, 0.2) is 5.65 Å². The monoisotopic (exact) mass is 257 g/mol. The van der Waals surface area contributed by atoms with Gasteiger partial charge in [-0.3, -0.25) is 0 Å². The summed E-state index contributed by atoms with van der Waals surface area (Å²) >= 11 is 0. The van der Waals surface area contributed by atoms with E-state index < -0.39 is 0 Å². The molecule has 100 valence electrons. The van der Waals surface area contributed by atoms with E-state index in [-0.39, 0.29) is 0 Å². The van der Waals surface area contributed by atoms with Gasteiger partial charge in [-0.25, -0.2) is 9.50 Å². The Morgan fingerprint density at radius 2 is 2.16 bits per heavy atom. The molecule has 1 spiro atoms. The van der Waals surface area contributed by atoms with Crippen LogP contribution in [0.25, 0.3) is 5.65 Å². The number of aromatic nitrogens is 3. The number of rotatable bonds is 2. The lowest BCUT2D eigenvalue weighted by atomic mass is 9.51. The Morgan fingerprint density at radius 3 is 2.79 bits per heavy atom. The molecule has 2 aromatic heterocycles. The predicted octanol–water partition coefficient (Wildman–Crippen LogP) is 3.09. The molecule has 2 aliphatic rings. The van der Waals surface area contributed by atoms with Crippen molar-refractivity contribution in [3.8, 4) is 5.75 Å². The van der Waals surface area contributed by atoms with E-state index in [1.165, 1.54) is 32.1 Å². The molecule has 2 heterocycles. The zero-order valence-electron chi connectivity index (χ0n) is 11.5. The van der Waals surface area contributed by atoms with Crippen molar-refractivity contribution in [2.75, 3.05) is 7.11 Å². The standard InChI is InChI=1S/C15H19N3O/c1-10-9-16-13-6-12(19-2)14(17-18(10)13)11-7-15(8-11)4-3-5-15/h6,9,11H,3-5,7-8H2,1-2H3. The summed E-state index contributed by atoms with van der Waals surface area (Å²) in [5.74, 6) is 1.47. The normalized spacial score (nSPS) is 21.4. The minimum Gasteiger partial charge on any atom is -0.495 e. The average molecular weight is 257 g/mol. The first kappa shape index (κ1) is 11.3. The second-order valence-corrected chi connectivity index (χ2v) is 6.23. The smallest absolute Gasteiger partial charge is 0.157 e. The van der Waals surface area contributed by atoms with Gasteiger partial charge in [-0.1, -0.05) is 6.42 Å². The van der Waals surface area contributed by atoms with Gasteiger partial charge in [0.2, 0.25) is 0 Å². The lowest BCUT2D eigenvalue weighted by Gasteiger charge is -2.54. The lowest BCUT2D eigenvalue weighted by molar-refractivity contribution is 0.00647. The molecule has 2 saturated carbocycles. The van der Waals surface area contributed by atoms with Crippen molar-refractivity contribution < 1.29 is 4.74 Å². The quantitative estimate of drug-likeness (QED) is 0.830. The summed E-state index contributed by atoms with van der Waals surface area (Å²) in [4.78, 5) is 4.35. The lowest BCUT2D eigenvalue weighted by Crippen LogP contribution is -2.41. The number of fused-ring (bicyclic) bond motifs is 1. The number of nitrogens with zero attached hydrogens (tertiary/aromatic N) is 3. The molecule has 0 aliphatic heterocycles. The fourth-order valence-corrected chi connectivity index (χ4v) is 3.74. The van der Waals surface area contributed by atoms with Crippen LogP contribution in [-0.2, 0) is 0 Å². The second kappa shape index (κ2) is 3.71. The maximum absolute atomic E-state index is 5.52. The molecule has 4 heteroatoms. The Labute approximate surface area is 112 Å². The van der Waals surface area contributed by atoms with Crippen LogP contribution >= 0.6 is 0 Å². The third-order valence-corrected chi connectivity index (χ3v) is 5.03. The minimum atomic E-state index is 0.571. The molecule has 2 fully saturated rings. The molecule has 4 nitrogen and oxygen atoms in total. The van der Waals surface area contributed by atoms with Crippen LogP contribution in [-0.4, -0.2) is 21.7 Å². The molecule has 4 rings (SSSR count). The molecule has 0 atom stereocenters. The number of aryl methyl sites for hydroxylation is 1. The van der Waals surface area contributed by atoms with Crippen molar-refractivity contribution in [1.82, 2.24) is 14.6 Å². The van der Waals surface area contributed by atoms with Gasteiger partial charge in [0.05, 0.1) is 19.0 Å². The minimum absolute atomic E-state index is 0.571. The third-order valence-electron chi connectivity index (χ3n) is 5.03. The molecular formula is C15H19N3O. The number of ether oxygens (including phenoxy) is 1. The number of hydrogen-bond acceptors (Lipinski definition) is 3. The fourth-order valence-electron chi connectivity index (χ4n) is 3.74. The molecule has 2 aromatic rings. The highest BCUT2D eigenvalue weighted by molar-refractivity contribution is 5.47. The second-order valence-electron chi connectivity index (χ2n) is 6.23. The van der Waals surface area contributed by atoms with E-state index in [0.29, 0.717) is 11.3 Å². The van der Waals surface area contributed by atoms with Crippen LogP contribution in [0.5, 0.6) is 5.75 Å². The SMILES string of the molecule is COc1cc2ncc(C)n2nc1C1CC2(CCC2)C1. The Bertz CT molecular complexity index is 634. The summed E-state index contributed by atoms with van der Waals surface area (Å²) in [6.07, 6.45) is 8.68. The summed E-state index contributed by atoms with van der Waals surface area (Å²) < 4.78 is 7.46. The number of imidazole rings is 1. The Morgan fingerprint density at radius 1 is 1.37 bits per heavy atom. The first-order chi connectivity index (χ1) is 9.21.